The molecule has 2 aliphatic rings. The maximum Gasteiger partial charge on any atom is 0.0593 e. The van der Waals surface area contributed by atoms with Gasteiger partial charge in [0.05, 0.1) is 13.2 Å². The first kappa shape index (κ1) is 9.47. The third kappa shape index (κ3) is 1.89. The van der Waals surface area contributed by atoms with E-state index in [1.54, 1.807) is 0 Å². The van der Waals surface area contributed by atoms with Crippen molar-refractivity contribution < 1.29 is 4.74 Å². The molecule has 1 aliphatic carbocycles. The van der Waals surface area contributed by atoms with Crippen LogP contribution in [0.25, 0.3) is 0 Å². The number of fused-ring (bicyclic) bond motifs is 1. The molecule has 2 fully saturated rings. The lowest BCUT2D eigenvalue weighted by atomic mass is 10.0. The van der Waals surface area contributed by atoms with Crippen LogP contribution in [0.1, 0.15) is 33.1 Å². The summed E-state index contributed by atoms with van der Waals surface area (Å²) in [5.41, 5.74) is 0. The first-order valence-electron chi connectivity index (χ1n) is 5.62. The molecule has 1 saturated heterocycles. The number of hydrogen-bond donors (Lipinski definition) is 0. The van der Waals surface area contributed by atoms with Crippen LogP contribution in [0.3, 0.4) is 0 Å². The molecule has 2 rings (SSSR count). The first-order chi connectivity index (χ1) is 6.29. The molecule has 0 aromatic heterocycles. The molecule has 0 aromatic rings. The molecule has 0 bridgehead atoms. The lowest BCUT2D eigenvalue weighted by Crippen LogP contribution is -2.42. The zero-order valence-electron chi connectivity index (χ0n) is 8.83. The molecule has 0 radical (unpaired) electrons. The van der Waals surface area contributed by atoms with Gasteiger partial charge in [-0.2, -0.15) is 0 Å². The van der Waals surface area contributed by atoms with E-state index in [0.29, 0.717) is 6.04 Å². The normalized spacial score (nSPS) is 36.2. The molecule has 0 aromatic carbocycles. The third-order valence-electron chi connectivity index (χ3n) is 3.53. The minimum absolute atomic E-state index is 0.687. The molecule has 13 heavy (non-hydrogen) atoms. The van der Waals surface area contributed by atoms with Crippen LogP contribution in [0, 0.1) is 5.92 Å². The van der Waals surface area contributed by atoms with E-state index in [0.717, 1.165) is 31.7 Å². The molecule has 2 heteroatoms. The number of rotatable bonds is 1. The SMILES string of the molecule is CC(C)N1CCOCC2CCCC21. The molecular weight excluding hydrogens is 162 g/mol. The van der Waals surface area contributed by atoms with Gasteiger partial charge < -0.3 is 4.74 Å². The second kappa shape index (κ2) is 3.97. The highest BCUT2D eigenvalue weighted by Gasteiger charge is 2.34. The van der Waals surface area contributed by atoms with Gasteiger partial charge in [-0.25, -0.2) is 0 Å². The van der Waals surface area contributed by atoms with Gasteiger partial charge >= 0.3 is 0 Å². The van der Waals surface area contributed by atoms with Gasteiger partial charge in [0.15, 0.2) is 0 Å². The van der Waals surface area contributed by atoms with E-state index >= 15 is 0 Å². The van der Waals surface area contributed by atoms with Crippen molar-refractivity contribution in [3.8, 4) is 0 Å². The Hall–Kier alpha value is -0.0800. The smallest absolute Gasteiger partial charge is 0.0593 e. The monoisotopic (exact) mass is 183 g/mol. The fourth-order valence-electron chi connectivity index (χ4n) is 2.86. The van der Waals surface area contributed by atoms with Gasteiger partial charge in [0.2, 0.25) is 0 Å². The second-order valence-corrected chi connectivity index (χ2v) is 4.66. The number of ether oxygens (including phenoxy) is 1. The Labute approximate surface area is 81.3 Å². The van der Waals surface area contributed by atoms with Crippen molar-refractivity contribution in [2.75, 3.05) is 19.8 Å². The van der Waals surface area contributed by atoms with Crippen molar-refractivity contribution in [2.24, 2.45) is 5.92 Å². The summed E-state index contributed by atoms with van der Waals surface area (Å²) in [5, 5.41) is 0. The van der Waals surface area contributed by atoms with E-state index in [1.165, 1.54) is 19.3 Å². The van der Waals surface area contributed by atoms with E-state index in [-0.39, 0.29) is 0 Å². The van der Waals surface area contributed by atoms with Crippen molar-refractivity contribution in [3.63, 3.8) is 0 Å². The Morgan fingerprint density at radius 2 is 2.15 bits per heavy atom. The number of nitrogens with zero attached hydrogens (tertiary/aromatic N) is 1. The molecule has 2 unspecified atom stereocenters. The van der Waals surface area contributed by atoms with Crippen LogP contribution >= 0.6 is 0 Å². The Morgan fingerprint density at radius 1 is 1.31 bits per heavy atom. The summed E-state index contributed by atoms with van der Waals surface area (Å²) in [5.74, 6) is 0.824. The summed E-state index contributed by atoms with van der Waals surface area (Å²) >= 11 is 0. The van der Waals surface area contributed by atoms with E-state index < -0.39 is 0 Å². The molecule has 76 valence electrons. The van der Waals surface area contributed by atoms with E-state index in [1.807, 2.05) is 0 Å². The highest BCUT2D eigenvalue weighted by Crippen LogP contribution is 2.32. The predicted molar refractivity (Wildman–Crippen MR) is 53.8 cm³/mol. The summed E-state index contributed by atoms with van der Waals surface area (Å²) in [6.45, 7) is 7.69. The highest BCUT2D eigenvalue weighted by molar-refractivity contribution is 4.88. The molecule has 1 heterocycles. The van der Waals surface area contributed by atoms with Gasteiger partial charge in [0, 0.05) is 18.6 Å². The minimum atomic E-state index is 0.687. The molecule has 2 nitrogen and oxygen atoms in total. The molecule has 0 spiro atoms. The Bertz CT molecular complexity index is 169. The van der Waals surface area contributed by atoms with Crippen molar-refractivity contribution in [1.29, 1.82) is 0 Å². The van der Waals surface area contributed by atoms with Crippen LogP contribution in [0.4, 0.5) is 0 Å². The van der Waals surface area contributed by atoms with Gasteiger partial charge in [0.1, 0.15) is 0 Å². The summed E-state index contributed by atoms with van der Waals surface area (Å²) in [6.07, 6.45) is 4.18. The predicted octanol–water partition coefficient (Wildman–Crippen LogP) is 1.90. The van der Waals surface area contributed by atoms with Crippen LogP contribution in [0.15, 0.2) is 0 Å². The quantitative estimate of drug-likeness (QED) is 0.615. The first-order valence-corrected chi connectivity index (χ1v) is 5.62. The van der Waals surface area contributed by atoms with Crippen LogP contribution in [-0.4, -0.2) is 36.7 Å². The van der Waals surface area contributed by atoms with Gasteiger partial charge in [-0.05, 0) is 32.6 Å². The van der Waals surface area contributed by atoms with Crippen LogP contribution in [-0.2, 0) is 4.74 Å². The zero-order valence-corrected chi connectivity index (χ0v) is 8.83. The largest absolute Gasteiger partial charge is 0.380 e. The lowest BCUT2D eigenvalue weighted by molar-refractivity contribution is 0.120. The zero-order chi connectivity index (χ0) is 9.26. The topological polar surface area (TPSA) is 12.5 Å². The van der Waals surface area contributed by atoms with Gasteiger partial charge in [0.25, 0.3) is 0 Å². The Kier molecular flexibility index (Phi) is 2.89. The van der Waals surface area contributed by atoms with Gasteiger partial charge in [-0.1, -0.05) is 6.42 Å². The average molecular weight is 183 g/mol. The molecule has 1 aliphatic heterocycles. The van der Waals surface area contributed by atoms with Crippen molar-refractivity contribution in [1.82, 2.24) is 4.90 Å². The van der Waals surface area contributed by atoms with Crippen molar-refractivity contribution in [3.05, 3.63) is 0 Å². The van der Waals surface area contributed by atoms with Crippen LogP contribution in [0.5, 0.6) is 0 Å². The van der Waals surface area contributed by atoms with Gasteiger partial charge in [-0.15, -0.1) is 0 Å². The molecule has 0 N–H and O–H groups in total. The minimum Gasteiger partial charge on any atom is -0.380 e. The molecule has 1 saturated carbocycles. The van der Waals surface area contributed by atoms with E-state index in [4.69, 9.17) is 4.74 Å². The van der Waals surface area contributed by atoms with E-state index in [2.05, 4.69) is 18.7 Å². The molecule has 0 amide bonds. The van der Waals surface area contributed by atoms with Crippen LogP contribution < -0.4 is 0 Å². The highest BCUT2D eigenvalue weighted by atomic mass is 16.5. The molecular formula is C11H21NO. The Balaban J connectivity index is 2.06. The summed E-state index contributed by atoms with van der Waals surface area (Å²) < 4.78 is 5.65. The maximum absolute atomic E-state index is 5.65. The summed E-state index contributed by atoms with van der Waals surface area (Å²) in [6, 6.07) is 1.51. The lowest BCUT2D eigenvalue weighted by Gasteiger charge is -2.33. The number of hydrogen-bond acceptors (Lipinski definition) is 2. The van der Waals surface area contributed by atoms with Crippen molar-refractivity contribution >= 4 is 0 Å². The average Bonchev–Trinajstić information content (AvgIpc) is 2.44. The second-order valence-electron chi connectivity index (χ2n) is 4.66. The maximum atomic E-state index is 5.65. The summed E-state index contributed by atoms with van der Waals surface area (Å²) in [4.78, 5) is 2.64. The standard InChI is InChI=1S/C11H21NO/c1-9(2)12-6-7-13-8-10-4-3-5-11(10)12/h9-11H,3-8H2,1-2H3. The van der Waals surface area contributed by atoms with Gasteiger partial charge in [-0.3, -0.25) is 4.90 Å². The Morgan fingerprint density at radius 3 is 2.92 bits per heavy atom. The van der Waals surface area contributed by atoms with Crippen LogP contribution in [0.2, 0.25) is 0 Å². The third-order valence-corrected chi connectivity index (χ3v) is 3.53. The fraction of sp³-hybridized carbons (Fsp3) is 1.00. The summed E-state index contributed by atoms with van der Waals surface area (Å²) in [7, 11) is 0. The van der Waals surface area contributed by atoms with Crippen molar-refractivity contribution in [2.45, 2.75) is 45.2 Å². The molecule has 2 atom stereocenters. The fourth-order valence-corrected chi connectivity index (χ4v) is 2.86. The van der Waals surface area contributed by atoms with E-state index in [9.17, 15) is 0 Å².